The van der Waals surface area contributed by atoms with Crippen molar-refractivity contribution in [3.8, 4) is 5.75 Å². The SMILES string of the molecule is O=C(NN1C(=O)/C(=C\c2ccccc2OCc2ccccc2)SC1=S)c1ccccc1. The molecule has 0 saturated carbocycles. The number of rotatable bonds is 6. The first-order valence-electron chi connectivity index (χ1n) is 9.51. The number of hydrazine groups is 1. The standard InChI is InChI=1S/C24H18N2O3S2/c27-22(18-11-5-2-6-12-18)25-26-23(28)21(31-24(26)30)15-19-13-7-8-14-20(19)29-16-17-9-3-1-4-10-17/h1-15H,16H2,(H,25,27)/b21-15+. The van der Waals surface area contributed by atoms with Crippen LogP contribution in [0.3, 0.4) is 0 Å². The largest absolute Gasteiger partial charge is 0.488 e. The first kappa shape index (κ1) is 20.8. The molecular formula is C24H18N2O3S2. The van der Waals surface area contributed by atoms with Crippen molar-refractivity contribution in [3.05, 3.63) is 107 Å². The van der Waals surface area contributed by atoms with E-state index >= 15 is 0 Å². The molecule has 1 heterocycles. The fourth-order valence-corrected chi connectivity index (χ4v) is 4.10. The van der Waals surface area contributed by atoms with E-state index in [1.807, 2.05) is 60.7 Å². The van der Waals surface area contributed by atoms with Crippen LogP contribution >= 0.6 is 24.0 Å². The Morgan fingerprint density at radius 3 is 2.35 bits per heavy atom. The average Bonchev–Trinajstić information content (AvgIpc) is 3.07. The lowest BCUT2D eigenvalue weighted by atomic mass is 10.2. The molecular weight excluding hydrogens is 428 g/mol. The van der Waals surface area contributed by atoms with Gasteiger partial charge in [0.25, 0.3) is 11.8 Å². The number of thioether (sulfide) groups is 1. The summed E-state index contributed by atoms with van der Waals surface area (Å²) in [6.45, 7) is 0.416. The molecule has 1 aliphatic heterocycles. The summed E-state index contributed by atoms with van der Waals surface area (Å²) in [7, 11) is 0. The van der Waals surface area contributed by atoms with E-state index < -0.39 is 5.91 Å². The van der Waals surface area contributed by atoms with E-state index in [4.69, 9.17) is 17.0 Å². The number of ether oxygens (including phenoxy) is 1. The maximum absolute atomic E-state index is 12.9. The second kappa shape index (κ2) is 9.59. The van der Waals surface area contributed by atoms with Crippen molar-refractivity contribution in [3.63, 3.8) is 0 Å². The molecule has 3 aromatic rings. The van der Waals surface area contributed by atoms with Crippen LogP contribution in [-0.4, -0.2) is 21.1 Å². The Hall–Kier alpha value is -3.42. The van der Waals surface area contributed by atoms with E-state index in [-0.39, 0.29) is 10.2 Å². The Kier molecular flexibility index (Phi) is 6.45. The van der Waals surface area contributed by atoms with Gasteiger partial charge in [-0.3, -0.25) is 15.0 Å². The molecule has 0 spiro atoms. The number of nitrogens with one attached hydrogen (secondary N) is 1. The van der Waals surface area contributed by atoms with Crippen molar-refractivity contribution < 1.29 is 14.3 Å². The summed E-state index contributed by atoms with van der Waals surface area (Å²) in [5, 5.41) is 1.11. The van der Waals surface area contributed by atoms with Crippen molar-refractivity contribution in [1.82, 2.24) is 10.4 Å². The highest BCUT2D eigenvalue weighted by atomic mass is 32.2. The highest BCUT2D eigenvalue weighted by Gasteiger charge is 2.34. The first-order chi connectivity index (χ1) is 15.1. The molecule has 154 valence electrons. The topological polar surface area (TPSA) is 58.6 Å². The number of carbonyl (C=O) groups excluding carboxylic acids is 2. The smallest absolute Gasteiger partial charge is 0.285 e. The number of para-hydroxylation sites is 1. The number of thiocarbonyl (C=S) groups is 1. The van der Waals surface area contributed by atoms with E-state index in [9.17, 15) is 9.59 Å². The van der Waals surface area contributed by atoms with Gasteiger partial charge in [0.15, 0.2) is 4.32 Å². The summed E-state index contributed by atoms with van der Waals surface area (Å²) in [5.41, 5.74) is 4.83. The molecule has 0 aromatic heterocycles. The summed E-state index contributed by atoms with van der Waals surface area (Å²) in [4.78, 5) is 25.7. The van der Waals surface area contributed by atoms with E-state index in [1.165, 1.54) is 0 Å². The average molecular weight is 447 g/mol. The highest BCUT2D eigenvalue weighted by Crippen LogP contribution is 2.33. The van der Waals surface area contributed by atoms with Crippen molar-refractivity contribution in [2.24, 2.45) is 0 Å². The lowest BCUT2D eigenvalue weighted by Gasteiger charge is -2.15. The number of nitrogens with zero attached hydrogens (tertiary/aromatic N) is 1. The zero-order chi connectivity index (χ0) is 21.6. The van der Waals surface area contributed by atoms with Gasteiger partial charge in [-0.05, 0) is 42.1 Å². The van der Waals surface area contributed by atoms with Crippen LogP contribution in [-0.2, 0) is 11.4 Å². The quantitative estimate of drug-likeness (QED) is 0.435. The molecule has 1 N–H and O–H groups in total. The fourth-order valence-electron chi connectivity index (χ4n) is 2.93. The molecule has 31 heavy (non-hydrogen) atoms. The van der Waals surface area contributed by atoms with Gasteiger partial charge < -0.3 is 4.74 Å². The Balaban J connectivity index is 1.50. The number of hydrogen-bond acceptors (Lipinski definition) is 5. The van der Waals surface area contributed by atoms with Crippen molar-refractivity contribution in [2.45, 2.75) is 6.61 Å². The molecule has 0 aliphatic carbocycles. The van der Waals surface area contributed by atoms with Crippen molar-refractivity contribution in [2.75, 3.05) is 0 Å². The third-order valence-electron chi connectivity index (χ3n) is 4.49. The summed E-state index contributed by atoms with van der Waals surface area (Å²) in [5.74, 6) is -0.119. The van der Waals surface area contributed by atoms with Gasteiger partial charge in [0.2, 0.25) is 0 Å². The molecule has 0 bridgehead atoms. The van der Waals surface area contributed by atoms with E-state index in [0.717, 1.165) is 27.9 Å². The minimum atomic E-state index is -0.398. The van der Waals surface area contributed by atoms with E-state index in [0.29, 0.717) is 22.8 Å². The third kappa shape index (κ3) is 5.02. The summed E-state index contributed by atoms with van der Waals surface area (Å²) in [6.07, 6.45) is 1.73. The Morgan fingerprint density at radius 2 is 1.61 bits per heavy atom. The van der Waals surface area contributed by atoms with Crippen LogP contribution in [0.4, 0.5) is 0 Å². The maximum atomic E-state index is 12.9. The fraction of sp³-hybridized carbons (Fsp3) is 0.0417. The minimum Gasteiger partial charge on any atom is -0.488 e. The Morgan fingerprint density at radius 1 is 0.968 bits per heavy atom. The molecule has 3 aromatic carbocycles. The zero-order valence-corrected chi connectivity index (χ0v) is 18.0. The molecule has 7 heteroatoms. The van der Waals surface area contributed by atoms with Gasteiger partial charge in [-0.25, -0.2) is 0 Å². The lowest BCUT2D eigenvalue weighted by Crippen LogP contribution is -2.44. The van der Waals surface area contributed by atoms with Gasteiger partial charge in [0.05, 0.1) is 4.91 Å². The molecule has 4 rings (SSSR count). The lowest BCUT2D eigenvalue weighted by molar-refractivity contribution is -0.123. The molecule has 1 saturated heterocycles. The molecule has 0 atom stereocenters. The van der Waals surface area contributed by atoms with Gasteiger partial charge in [0.1, 0.15) is 12.4 Å². The monoisotopic (exact) mass is 446 g/mol. The van der Waals surface area contributed by atoms with Crippen LogP contribution in [0.2, 0.25) is 0 Å². The Bertz CT molecular complexity index is 1150. The second-order valence-corrected chi connectivity index (χ2v) is 8.31. The van der Waals surface area contributed by atoms with Gasteiger partial charge in [-0.15, -0.1) is 0 Å². The summed E-state index contributed by atoms with van der Waals surface area (Å²) in [6, 6.07) is 26.0. The van der Waals surface area contributed by atoms with Crippen LogP contribution in [0.5, 0.6) is 5.75 Å². The molecule has 0 unspecified atom stereocenters. The first-order valence-corrected chi connectivity index (χ1v) is 10.7. The van der Waals surface area contributed by atoms with Crippen molar-refractivity contribution >= 4 is 46.2 Å². The van der Waals surface area contributed by atoms with Gasteiger partial charge in [-0.1, -0.05) is 78.5 Å². The molecule has 2 amide bonds. The van der Waals surface area contributed by atoms with E-state index in [1.54, 1.807) is 30.3 Å². The normalized spacial score (nSPS) is 14.7. The van der Waals surface area contributed by atoms with E-state index in [2.05, 4.69) is 5.43 Å². The third-order valence-corrected chi connectivity index (χ3v) is 5.79. The van der Waals surface area contributed by atoms with Gasteiger partial charge in [0, 0.05) is 11.1 Å². The van der Waals surface area contributed by atoms with Crippen LogP contribution in [0.1, 0.15) is 21.5 Å². The molecule has 1 aliphatic rings. The van der Waals surface area contributed by atoms with Gasteiger partial charge >= 0.3 is 0 Å². The number of amides is 2. The Labute approximate surface area is 189 Å². The summed E-state index contributed by atoms with van der Waals surface area (Å²) < 4.78 is 6.23. The maximum Gasteiger partial charge on any atom is 0.285 e. The number of hydrogen-bond donors (Lipinski definition) is 1. The van der Waals surface area contributed by atoms with Gasteiger partial charge in [-0.2, -0.15) is 5.01 Å². The number of carbonyl (C=O) groups is 2. The highest BCUT2D eigenvalue weighted by molar-refractivity contribution is 8.26. The molecule has 5 nitrogen and oxygen atoms in total. The molecule has 1 fully saturated rings. The van der Waals surface area contributed by atoms with Crippen LogP contribution in [0, 0.1) is 0 Å². The van der Waals surface area contributed by atoms with Crippen LogP contribution < -0.4 is 10.2 Å². The predicted octanol–water partition coefficient (Wildman–Crippen LogP) is 4.81. The second-order valence-electron chi connectivity index (χ2n) is 6.64. The predicted molar refractivity (Wildman–Crippen MR) is 126 cm³/mol. The molecule has 0 radical (unpaired) electrons. The van der Waals surface area contributed by atoms with Crippen LogP contribution in [0.15, 0.2) is 89.8 Å². The van der Waals surface area contributed by atoms with Crippen molar-refractivity contribution in [1.29, 1.82) is 0 Å². The minimum absolute atomic E-state index is 0.267. The zero-order valence-electron chi connectivity index (χ0n) is 16.4. The van der Waals surface area contributed by atoms with Crippen LogP contribution in [0.25, 0.3) is 6.08 Å². The summed E-state index contributed by atoms with van der Waals surface area (Å²) >= 11 is 6.44. The number of benzene rings is 3.